The summed E-state index contributed by atoms with van der Waals surface area (Å²) in [5.74, 6) is -0.322. The first-order chi connectivity index (χ1) is 8.84. The van der Waals surface area contributed by atoms with Crippen LogP contribution in [0.2, 0.25) is 5.02 Å². The van der Waals surface area contributed by atoms with E-state index in [1.807, 2.05) is 13.8 Å². The number of nitro groups is 1. The summed E-state index contributed by atoms with van der Waals surface area (Å²) in [5.41, 5.74) is -0.517. The third-order valence-electron chi connectivity index (χ3n) is 3.55. The molecule has 0 atom stereocenters. The summed E-state index contributed by atoms with van der Waals surface area (Å²) in [6.45, 7) is 4.55. The van der Waals surface area contributed by atoms with Crippen molar-refractivity contribution in [1.82, 2.24) is 4.90 Å². The van der Waals surface area contributed by atoms with Crippen molar-refractivity contribution < 1.29 is 9.72 Å². The molecule has 0 saturated carbocycles. The van der Waals surface area contributed by atoms with E-state index >= 15 is 0 Å². The number of nitro benzene ring substituents is 1. The maximum atomic E-state index is 12.5. The standard InChI is InChI=1S/C13H15ClN2O3/c1-13(2)7-4-8-15(13)12(17)9-5-3-6-10(14)11(9)16(18)19/h3,5-6H,4,7-8H2,1-2H3. The molecule has 6 heteroatoms. The molecular weight excluding hydrogens is 268 g/mol. The van der Waals surface area contributed by atoms with Crippen LogP contribution in [0, 0.1) is 10.1 Å². The molecular formula is C13H15ClN2O3. The molecule has 1 aromatic carbocycles. The number of amides is 1. The fourth-order valence-electron chi connectivity index (χ4n) is 2.50. The van der Waals surface area contributed by atoms with Gasteiger partial charge < -0.3 is 4.90 Å². The quantitative estimate of drug-likeness (QED) is 0.618. The third-order valence-corrected chi connectivity index (χ3v) is 3.85. The molecule has 1 aromatic rings. The van der Waals surface area contributed by atoms with E-state index in [0.717, 1.165) is 12.8 Å². The molecule has 1 amide bonds. The molecule has 2 rings (SSSR count). The predicted octanol–water partition coefficient (Wildman–Crippen LogP) is 3.26. The summed E-state index contributed by atoms with van der Waals surface area (Å²) in [4.78, 5) is 24.7. The van der Waals surface area contributed by atoms with Gasteiger partial charge in [0.1, 0.15) is 10.6 Å². The molecule has 1 saturated heterocycles. The van der Waals surface area contributed by atoms with E-state index < -0.39 is 4.92 Å². The highest BCUT2D eigenvalue weighted by molar-refractivity contribution is 6.33. The monoisotopic (exact) mass is 282 g/mol. The Hall–Kier alpha value is -1.62. The van der Waals surface area contributed by atoms with Crippen LogP contribution >= 0.6 is 11.6 Å². The highest BCUT2D eigenvalue weighted by Gasteiger charge is 2.38. The second-order valence-corrected chi connectivity index (χ2v) is 5.67. The lowest BCUT2D eigenvalue weighted by atomic mass is 10.0. The zero-order chi connectivity index (χ0) is 14.2. The van der Waals surface area contributed by atoms with Crippen LogP contribution in [-0.4, -0.2) is 27.8 Å². The molecule has 0 unspecified atom stereocenters. The highest BCUT2D eigenvalue weighted by atomic mass is 35.5. The van der Waals surface area contributed by atoms with Gasteiger partial charge in [0, 0.05) is 12.1 Å². The topological polar surface area (TPSA) is 63.5 Å². The van der Waals surface area contributed by atoms with Gasteiger partial charge in [0.15, 0.2) is 0 Å². The summed E-state index contributed by atoms with van der Waals surface area (Å²) in [7, 11) is 0. The van der Waals surface area contributed by atoms with Gasteiger partial charge in [0.25, 0.3) is 5.91 Å². The third kappa shape index (κ3) is 2.42. The molecule has 0 aromatic heterocycles. The van der Waals surface area contributed by atoms with E-state index in [4.69, 9.17) is 11.6 Å². The summed E-state index contributed by atoms with van der Waals surface area (Å²) in [6.07, 6.45) is 1.81. The van der Waals surface area contributed by atoms with Crippen LogP contribution in [0.15, 0.2) is 18.2 Å². The molecule has 1 aliphatic rings. The molecule has 1 aliphatic heterocycles. The summed E-state index contributed by atoms with van der Waals surface area (Å²) >= 11 is 5.83. The van der Waals surface area contributed by atoms with Crippen LogP contribution < -0.4 is 0 Å². The fourth-order valence-corrected chi connectivity index (χ4v) is 2.75. The predicted molar refractivity (Wildman–Crippen MR) is 72.5 cm³/mol. The van der Waals surface area contributed by atoms with Gasteiger partial charge in [-0.3, -0.25) is 14.9 Å². The van der Waals surface area contributed by atoms with E-state index in [9.17, 15) is 14.9 Å². The van der Waals surface area contributed by atoms with Crippen molar-refractivity contribution in [2.75, 3.05) is 6.54 Å². The van der Waals surface area contributed by atoms with Gasteiger partial charge in [-0.15, -0.1) is 0 Å². The zero-order valence-corrected chi connectivity index (χ0v) is 11.6. The Morgan fingerprint density at radius 1 is 1.47 bits per heavy atom. The van der Waals surface area contributed by atoms with Gasteiger partial charge in [-0.05, 0) is 38.8 Å². The lowest BCUT2D eigenvalue weighted by molar-refractivity contribution is -0.385. The van der Waals surface area contributed by atoms with Crippen molar-refractivity contribution in [2.24, 2.45) is 0 Å². The SMILES string of the molecule is CC1(C)CCCN1C(=O)c1cccc(Cl)c1[N+](=O)[O-]. The molecule has 19 heavy (non-hydrogen) atoms. The van der Waals surface area contributed by atoms with E-state index in [2.05, 4.69) is 0 Å². The number of nitrogens with zero attached hydrogens (tertiary/aromatic N) is 2. The van der Waals surface area contributed by atoms with E-state index in [-0.39, 0.29) is 27.7 Å². The van der Waals surface area contributed by atoms with Crippen LogP contribution in [0.3, 0.4) is 0 Å². The minimum Gasteiger partial charge on any atom is -0.333 e. The minimum absolute atomic E-state index is 0.00662. The van der Waals surface area contributed by atoms with Crippen molar-refractivity contribution in [3.8, 4) is 0 Å². The fraction of sp³-hybridized carbons (Fsp3) is 0.462. The highest BCUT2D eigenvalue weighted by Crippen LogP contribution is 2.34. The molecule has 0 spiro atoms. The maximum Gasteiger partial charge on any atom is 0.300 e. The Bertz CT molecular complexity index is 543. The van der Waals surface area contributed by atoms with Crippen molar-refractivity contribution in [1.29, 1.82) is 0 Å². The van der Waals surface area contributed by atoms with Crippen LogP contribution in [-0.2, 0) is 0 Å². The van der Waals surface area contributed by atoms with Gasteiger partial charge in [0.2, 0.25) is 0 Å². The Morgan fingerprint density at radius 2 is 2.16 bits per heavy atom. The smallest absolute Gasteiger partial charge is 0.300 e. The van der Waals surface area contributed by atoms with Gasteiger partial charge >= 0.3 is 5.69 Å². The first-order valence-corrected chi connectivity index (χ1v) is 6.47. The van der Waals surface area contributed by atoms with Crippen molar-refractivity contribution in [2.45, 2.75) is 32.2 Å². The molecule has 0 bridgehead atoms. The van der Waals surface area contributed by atoms with E-state index in [1.54, 1.807) is 11.0 Å². The maximum absolute atomic E-state index is 12.5. The number of halogens is 1. The molecule has 1 fully saturated rings. The Morgan fingerprint density at radius 3 is 2.68 bits per heavy atom. The van der Waals surface area contributed by atoms with Crippen LogP contribution in [0.5, 0.6) is 0 Å². The molecule has 102 valence electrons. The summed E-state index contributed by atoms with van der Waals surface area (Å²) in [6, 6.07) is 4.44. The first-order valence-electron chi connectivity index (χ1n) is 6.09. The zero-order valence-electron chi connectivity index (χ0n) is 10.9. The van der Waals surface area contributed by atoms with Crippen LogP contribution in [0.1, 0.15) is 37.0 Å². The normalized spacial score (nSPS) is 17.5. The molecule has 0 radical (unpaired) electrons. The number of carbonyl (C=O) groups is 1. The minimum atomic E-state index is -0.599. The number of rotatable bonds is 2. The van der Waals surface area contributed by atoms with Gasteiger partial charge in [0.05, 0.1) is 4.92 Å². The average molecular weight is 283 g/mol. The molecule has 1 heterocycles. The second-order valence-electron chi connectivity index (χ2n) is 5.27. The number of likely N-dealkylation sites (tertiary alicyclic amines) is 1. The Labute approximate surface area is 116 Å². The largest absolute Gasteiger partial charge is 0.333 e. The van der Waals surface area contributed by atoms with E-state index in [1.165, 1.54) is 12.1 Å². The summed E-state index contributed by atoms with van der Waals surface area (Å²) < 4.78 is 0. The van der Waals surface area contributed by atoms with Crippen LogP contribution in [0.4, 0.5) is 5.69 Å². The Kier molecular flexibility index (Phi) is 3.49. The van der Waals surface area contributed by atoms with Crippen LogP contribution in [0.25, 0.3) is 0 Å². The molecule has 5 nitrogen and oxygen atoms in total. The average Bonchev–Trinajstić information content (AvgIpc) is 2.67. The van der Waals surface area contributed by atoms with Gasteiger partial charge in [-0.25, -0.2) is 0 Å². The number of para-hydroxylation sites is 1. The number of benzene rings is 1. The lowest BCUT2D eigenvalue weighted by Crippen LogP contribution is -2.42. The van der Waals surface area contributed by atoms with E-state index in [0.29, 0.717) is 6.54 Å². The molecule has 0 N–H and O–H groups in total. The number of hydrogen-bond acceptors (Lipinski definition) is 3. The van der Waals surface area contributed by atoms with Crippen molar-refractivity contribution in [3.63, 3.8) is 0 Å². The lowest BCUT2D eigenvalue weighted by Gasteiger charge is -2.31. The summed E-state index contributed by atoms with van der Waals surface area (Å²) in [5, 5.41) is 11.1. The number of carbonyl (C=O) groups excluding carboxylic acids is 1. The Balaban J connectivity index is 2.45. The van der Waals surface area contributed by atoms with Crippen molar-refractivity contribution >= 4 is 23.2 Å². The van der Waals surface area contributed by atoms with Gasteiger partial charge in [-0.1, -0.05) is 17.7 Å². The van der Waals surface area contributed by atoms with Crippen molar-refractivity contribution in [3.05, 3.63) is 38.9 Å². The second kappa shape index (κ2) is 4.81. The molecule has 0 aliphatic carbocycles. The first kappa shape index (κ1) is 13.8. The van der Waals surface area contributed by atoms with Gasteiger partial charge in [-0.2, -0.15) is 0 Å². The number of hydrogen-bond donors (Lipinski definition) is 0.